The summed E-state index contributed by atoms with van der Waals surface area (Å²) in [5, 5.41) is 0. The molecule has 1 aliphatic rings. The summed E-state index contributed by atoms with van der Waals surface area (Å²) in [6, 6.07) is 8.04. The zero-order valence-corrected chi connectivity index (χ0v) is 10.5. The molecule has 1 amide bonds. The molecule has 0 saturated carbocycles. The minimum Gasteiger partial charge on any atom is -0.345 e. The van der Waals surface area contributed by atoms with Crippen molar-refractivity contribution in [2.45, 2.75) is 18.8 Å². The number of benzene rings is 1. The molecule has 15 heavy (non-hydrogen) atoms. The van der Waals surface area contributed by atoms with Crippen molar-refractivity contribution in [1.82, 2.24) is 4.90 Å². The molecule has 1 aliphatic heterocycles. The second kappa shape index (κ2) is 3.63. The maximum Gasteiger partial charge on any atom is 0.232 e. The van der Waals surface area contributed by atoms with E-state index in [4.69, 9.17) is 0 Å². The van der Waals surface area contributed by atoms with Crippen LogP contribution in [0.1, 0.15) is 18.9 Å². The summed E-state index contributed by atoms with van der Waals surface area (Å²) in [5.74, 6) is 0.227. The van der Waals surface area contributed by atoms with E-state index in [1.165, 1.54) is 0 Å². The summed E-state index contributed by atoms with van der Waals surface area (Å²) in [6.45, 7) is 2.88. The number of halogens is 1. The van der Waals surface area contributed by atoms with Gasteiger partial charge in [-0.3, -0.25) is 4.79 Å². The second-order valence-electron chi connectivity index (χ2n) is 4.32. The van der Waals surface area contributed by atoms with Crippen LogP contribution in [0.3, 0.4) is 0 Å². The van der Waals surface area contributed by atoms with E-state index >= 15 is 0 Å². The van der Waals surface area contributed by atoms with E-state index in [1.54, 1.807) is 0 Å². The third-order valence-electron chi connectivity index (χ3n) is 3.25. The van der Waals surface area contributed by atoms with E-state index in [-0.39, 0.29) is 11.3 Å². The minimum absolute atomic E-state index is 0.227. The molecule has 0 bridgehead atoms. The molecular formula is C12H14BrNO. The Morgan fingerprint density at radius 2 is 1.93 bits per heavy atom. The largest absolute Gasteiger partial charge is 0.345 e. The van der Waals surface area contributed by atoms with Crippen LogP contribution in [0.5, 0.6) is 0 Å². The van der Waals surface area contributed by atoms with Crippen molar-refractivity contribution < 1.29 is 4.79 Å². The number of rotatable bonds is 1. The third-order valence-corrected chi connectivity index (χ3v) is 3.78. The molecule has 1 fully saturated rings. The average Bonchev–Trinajstić information content (AvgIpc) is 2.48. The second-order valence-corrected chi connectivity index (χ2v) is 5.23. The standard InChI is InChI=1S/C12H14BrNO/c1-12(7-8-14(2)11(12)15)9-3-5-10(13)6-4-9/h3-6H,7-8H2,1-2H3. The highest BCUT2D eigenvalue weighted by atomic mass is 79.9. The number of nitrogens with zero attached hydrogens (tertiary/aromatic N) is 1. The van der Waals surface area contributed by atoms with Crippen LogP contribution in [0.4, 0.5) is 0 Å². The number of hydrogen-bond acceptors (Lipinski definition) is 1. The molecule has 0 aromatic heterocycles. The molecule has 0 radical (unpaired) electrons. The molecule has 0 aliphatic carbocycles. The van der Waals surface area contributed by atoms with Gasteiger partial charge >= 0.3 is 0 Å². The monoisotopic (exact) mass is 267 g/mol. The van der Waals surface area contributed by atoms with Crippen LogP contribution in [0.2, 0.25) is 0 Å². The lowest BCUT2D eigenvalue weighted by atomic mass is 9.81. The average molecular weight is 268 g/mol. The van der Waals surface area contributed by atoms with E-state index in [0.29, 0.717) is 0 Å². The van der Waals surface area contributed by atoms with Crippen LogP contribution in [-0.2, 0) is 10.2 Å². The Labute approximate surface area is 98.4 Å². The Bertz CT molecular complexity index is 387. The van der Waals surface area contributed by atoms with E-state index in [2.05, 4.69) is 15.9 Å². The fourth-order valence-corrected chi connectivity index (χ4v) is 2.37. The molecule has 1 atom stereocenters. The van der Waals surface area contributed by atoms with Crippen molar-refractivity contribution in [3.05, 3.63) is 34.3 Å². The highest BCUT2D eigenvalue weighted by Crippen LogP contribution is 2.35. The van der Waals surface area contributed by atoms with Gasteiger partial charge in [-0.05, 0) is 31.0 Å². The zero-order chi connectivity index (χ0) is 11.1. The topological polar surface area (TPSA) is 20.3 Å². The molecule has 2 nitrogen and oxygen atoms in total. The summed E-state index contributed by atoms with van der Waals surface area (Å²) in [4.78, 5) is 13.8. The number of likely N-dealkylation sites (tertiary alicyclic amines) is 1. The molecule has 3 heteroatoms. The first-order chi connectivity index (χ1) is 7.04. The first-order valence-electron chi connectivity index (χ1n) is 5.06. The Kier molecular flexibility index (Phi) is 2.59. The maximum absolute atomic E-state index is 12.0. The van der Waals surface area contributed by atoms with Gasteiger partial charge in [0.1, 0.15) is 0 Å². The molecule has 0 spiro atoms. The summed E-state index contributed by atoms with van der Waals surface area (Å²) in [5.41, 5.74) is 0.787. The molecule has 1 aromatic rings. The van der Waals surface area contributed by atoms with Crippen molar-refractivity contribution in [3.8, 4) is 0 Å². The van der Waals surface area contributed by atoms with Gasteiger partial charge in [-0.25, -0.2) is 0 Å². The summed E-state index contributed by atoms with van der Waals surface area (Å²) >= 11 is 3.40. The quantitative estimate of drug-likeness (QED) is 0.766. The van der Waals surface area contributed by atoms with Gasteiger partial charge in [0, 0.05) is 18.1 Å². The van der Waals surface area contributed by atoms with E-state index in [1.807, 2.05) is 43.1 Å². The van der Waals surface area contributed by atoms with Crippen molar-refractivity contribution in [1.29, 1.82) is 0 Å². The lowest BCUT2D eigenvalue weighted by Gasteiger charge is -2.22. The molecule has 2 rings (SSSR count). The van der Waals surface area contributed by atoms with Gasteiger partial charge in [-0.1, -0.05) is 28.1 Å². The molecular weight excluding hydrogens is 254 g/mol. The highest BCUT2D eigenvalue weighted by molar-refractivity contribution is 9.10. The van der Waals surface area contributed by atoms with Gasteiger partial charge in [0.15, 0.2) is 0 Å². The zero-order valence-electron chi connectivity index (χ0n) is 8.96. The molecule has 1 saturated heterocycles. The Balaban J connectivity index is 2.38. The van der Waals surface area contributed by atoms with Gasteiger partial charge in [-0.15, -0.1) is 0 Å². The van der Waals surface area contributed by atoms with Crippen LogP contribution >= 0.6 is 15.9 Å². The SMILES string of the molecule is CN1CCC(C)(c2ccc(Br)cc2)C1=O. The summed E-state index contributed by atoms with van der Waals surface area (Å²) in [7, 11) is 1.87. The van der Waals surface area contributed by atoms with Gasteiger partial charge in [0.25, 0.3) is 0 Å². The van der Waals surface area contributed by atoms with Gasteiger partial charge in [0.05, 0.1) is 5.41 Å². The predicted molar refractivity (Wildman–Crippen MR) is 63.7 cm³/mol. The Hall–Kier alpha value is -0.830. The van der Waals surface area contributed by atoms with Crippen LogP contribution in [0, 0.1) is 0 Å². The third kappa shape index (κ3) is 1.69. The first kappa shape index (κ1) is 10.7. The normalized spacial score (nSPS) is 26.1. The van der Waals surface area contributed by atoms with E-state index in [0.717, 1.165) is 23.0 Å². The lowest BCUT2D eigenvalue weighted by molar-refractivity contribution is -0.130. The van der Waals surface area contributed by atoms with Gasteiger partial charge < -0.3 is 4.90 Å². The van der Waals surface area contributed by atoms with Crippen LogP contribution < -0.4 is 0 Å². The molecule has 1 heterocycles. The Morgan fingerprint density at radius 1 is 1.33 bits per heavy atom. The van der Waals surface area contributed by atoms with Crippen LogP contribution in [-0.4, -0.2) is 24.4 Å². The maximum atomic E-state index is 12.0. The van der Waals surface area contributed by atoms with Crippen molar-refractivity contribution >= 4 is 21.8 Å². The molecule has 80 valence electrons. The number of hydrogen-bond donors (Lipinski definition) is 0. The number of likely N-dealkylation sites (N-methyl/N-ethyl adjacent to an activating group) is 1. The Morgan fingerprint density at radius 3 is 2.40 bits per heavy atom. The van der Waals surface area contributed by atoms with Gasteiger partial charge in [0.2, 0.25) is 5.91 Å². The van der Waals surface area contributed by atoms with Crippen molar-refractivity contribution in [2.75, 3.05) is 13.6 Å². The molecule has 1 aromatic carbocycles. The lowest BCUT2D eigenvalue weighted by Crippen LogP contribution is -2.33. The van der Waals surface area contributed by atoms with Crippen LogP contribution in [0.25, 0.3) is 0 Å². The fraction of sp³-hybridized carbons (Fsp3) is 0.417. The summed E-state index contributed by atoms with van der Waals surface area (Å²) in [6.07, 6.45) is 0.907. The number of carbonyl (C=O) groups is 1. The van der Waals surface area contributed by atoms with E-state index < -0.39 is 0 Å². The summed E-state index contributed by atoms with van der Waals surface area (Å²) < 4.78 is 1.05. The number of amides is 1. The highest BCUT2D eigenvalue weighted by Gasteiger charge is 2.42. The van der Waals surface area contributed by atoms with Gasteiger partial charge in [-0.2, -0.15) is 0 Å². The van der Waals surface area contributed by atoms with Crippen LogP contribution in [0.15, 0.2) is 28.7 Å². The first-order valence-corrected chi connectivity index (χ1v) is 5.85. The number of carbonyl (C=O) groups excluding carboxylic acids is 1. The smallest absolute Gasteiger partial charge is 0.232 e. The molecule has 1 unspecified atom stereocenters. The van der Waals surface area contributed by atoms with E-state index in [9.17, 15) is 4.79 Å². The van der Waals surface area contributed by atoms with Crippen molar-refractivity contribution in [2.24, 2.45) is 0 Å². The predicted octanol–water partition coefficient (Wildman–Crippen LogP) is 2.57. The van der Waals surface area contributed by atoms with Crippen molar-refractivity contribution in [3.63, 3.8) is 0 Å². The minimum atomic E-state index is -0.324. The molecule has 0 N–H and O–H groups in total. The fourth-order valence-electron chi connectivity index (χ4n) is 2.11.